The predicted molar refractivity (Wildman–Crippen MR) is 102 cm³/mol. The molecule has 2 atom stereocenters. The lowest BCUT2D eigenvalue weighted by Gasteiger charge is -2.36. The average Bonchev–Trinajstić information content (AvgIpc) is 3.08. The zero-order valence-electron chi connectivity index (χ0n) is 15.7. The first-order valence-corrected chi connectivity index (χ1v) is 10.1. The van der Waals surface area contributed by atoms with Crippen molar-refractivity contribution in [3.05, 3.63) is 22.4 Å². The normalized spacial score (nSPS) is 18.8. The quantitative estimate of drug-likeness (QED) is 0.781. The summed E-state index contributed by atoms with van der Waals surface area (Å²) in [7, 11) is 0. The highest BCUT2D eigenvalue weighted by atomic mass is 32.1. The Balaban J connectivity index is 2.01. The van der Waals surface area contributed by atoms with Gasteiger partial charge in [-0.05, 0) is 49.2 Å². The molecule has 1 saturated heterocycles. The lowest BCUT2D eigenvalue weighted by atomic mass is 9.97. The number of carbonyl (C=O) groups is 2. The Hall–Kier alpha value is -1.40. The summed E-state index contributed by atoms with van der Waals surface area (Å²) in [5.41, 5.74) is 0. The molecule has 2 amide bonds. The molecule has 5 nitrogen and oxygen atoms in total. The highest BCUT2D eigenvalue weighted by molar-refractivity contribution is 7.10. The molecule has 0 aliphatic carbocycles. The van der Waals surface area contributed by atoms with Crippen molar-refractivity contribution >= 4 is 23.2 Å². The highest BCUT2D eigenvalue weighted by Crippen LogP contribution is 2.29. The fourth-order valence-corrected chi connectivity index (χ4v) is 4.15. The average molecular weight is 366 g/mol. The van der Waals surface area contributed by atoms with Crippen LogP contribution in [0.4, 0.5) is 0 Å². The maximum atomic E-state index is 12.6. The Morgan fingerprint density at radius 3 is 2.52 bits per heavy atom. The topological polar surface area (TPSA) is 61.4 Å². The third-order valence-corrected chi connectivity index (χ3v) is 5.88. The summed E-state index contributed by atoms with van der Waals surface area (Å²) in [6.45, 7) is 10.4. The van der Waals surface area contributed by atoms with Gasteiger partial charge in [0.15, 0.2) is 0 Å². The zero-order valence-corrected chi connectivity index (χ0v) is 16.6. The van der Waals surface area contributed by atoms with Crippen molar-refractivity contribution in [3.63, 3.8) is 0 Å². The van der Waals surface area contributed by atoms with Crippen molar-refractivity contribution in [1.29, 1.82) is 0 Å². The second kappa shape index (κ2) is 9.34. The van der Waals surface area contributed by atoms with Gasteiger partial charge < -0.3 is 10.6 Å². The van der Waals surface area contributed by atoms with E-state index in [4.69, 9.17) is 0 Å². The molecule has 0 spiro atoms. The number of hydrogen-bond donors (Lipinski definition) is 2. The highest BCUT2D eigenvalue weighted by Gasteiger charge is 2.28. The van der Waals surface area contributed by atoms with E-state index in [1.807, 2.05) is 13.8 Å². The molecule has 0 radical (unpaired) electrons. The van der Waals surface area contributed by atoms with Gasteiger partial charge in [-0.15, -0.1) is 11.3 Å². The first-order valence-electron chi connectivity index (χ1n) is 9.20. The Bertz CT molecular complexity index is 551. The van der Waals surface area contributed by atoms with E-state index in [0.717, 1.165) is 19.0 Å². The summed E-state index contributed by atoms with van der Waals surface area (Å²) in [5, 5.41) is 7.93. The lowest BCUT2D eigenvalue weighted by Crippen LogP contribution is -2.51. The molecule has 0 aromatic carbocycles. The van der Waals surface area contributed by atoms with Crippen LogP contribution in [-0.2, 0) is 9.59 Å². The van der Waals surface area contributed by atoms with Gasteiger partial charge in [-0.3, -0.25) is 14.5 Å². The van der Waals surface area contributed by atoms with E-state index in [0.29, 0.717) is 6.54 Å². The Labute approximate surface area is 155 Å². The molecule has 2 rings (SSSR count). The number of thiophene rings is 1. The van der Waals surface area contributed by atoms with E-state index in [2.05, 4.69) is 40.0 Å². The molecule has 0 saturated carbocycles. The summed E-state index contributed by atoms with van der Waals surface area (Å²) in [6, 6.07) is 3.94. The zero-order chi connectivity index (χ0) is 18.4. The van der Waals surface area contributed by atoms with Gasteiger partial charge in [-0.1, -0.05) is 26.8 Å². The van der Waals surface area contributed by atoms with Crippen LogP contribution < -0.4 is 10.6 Å². The SMILES string of the molecule is CC(=O)NC(C(=O)NCC(c1cccs1)N1CCC(C)CC1)C(C)C. The van der Waals surface area contributed by atoms with Gasteiger partial charge in [0.25, 0.3) is 0 Å². The standard InChI is InChI=1S/C19H31N3O2S/c1-13(2)18(21-15(4)23)19(24)20-12-16(17-6-5-11-25-17)22-9-7-14(3)8-10-22/h5-6,11,13-14,16,18H,7-10,12H2,1-4H3,(H,20,24)(H,21,23). The third kappa shape index (κ3) is 5.82. The van der Waals surface area contributed by atoms with Crippen molar-refractivity contribution in [2.45, 2.75) is 52.6 Å². The fraction of sp³-hybridized carbons (Fsp3) is 0.684. The third-order valence-electron chi connectivity index (χ3n) is 4.91. The molecule has 0 bridgehead atoms. The first kappa shape index (κ1) is 19.9. The Kier molecular flexibility index (Phi) is 7.44. The number of nitrogens with zero attached hydrogens (tertiary/aromatic N) is 1. The van der Waals surface area contributed by atoms with E-state index in [-0.39, 0.29) is 23.8 Å². The summed E-state index contributed by atoms with van der Waals surface area (Å²) in [5.74, 6) is 0.561. The van der Waals surface area contributed by atoms with Crippen LogP contribution >= 0.6 is 11.3 Å². The van der Waals surface area contributed by atoms with Crippen LogP contribution in [0.25, 0.3) is 0 Å². The molecule has 6 heteroatoms. The molecule has 1 aliphatic heterocycles. The second-order valence-electron chi connectivity index (χ2n) is 7.42. The van der Waals surface area contributed by atoms with Crippen LogP contribution in [0.2, 0.25) is 0 Å². The molecule has 2 N–H and O–H groups in total. The smallest absolute Gasteiger partial charge is 0.242 e. The van der Waals surface area contributed by atoms with Crippen LogP contribution in [0.3, 0.4) is 0 Å². The van der Waals surface area contributed by atoms with E-state index >= 15 is 0 Å². The fourth-order valence-electron chi connectivity index (χ4n) is 3.29. The molecule has 1 aliphatic rings. The van der Waals surface area contributed by atoms with Gasteiger partial charge in [0.05, 0.1) is 6.04 Å². The van der Waals surface area contributed by atoms with Crippen LogP contribution in [-0.4, -0.2) is 42.4 Å². The largest absolute Gasteiger partial charge is 0.352 e. The number of piperidine rings is 1. The Morgan fingerprint density at radius 1 is 1.32 bits per heavy atom. The molecule has 1 fully saturated rings. The minimum atomic E-state index is -0.483. The molecule has 25 heavy (non-hydrogen) atoms. The number of nitrogens with one attached hydrogen (secondary N) is 2. The Morgan fingerprint density at radius 2 is 2.00 bits per heavy atom. The van der Waals surface area contributed by atoms with E-state index in [1.165, 1.54) is 24.6 Å². The van der Waals surface area contributed by atoms with E-state index < -0.39 is 6.04 Å². The van der Waals surface area contributed by atoms with E-state index in [9.17, 15) is 9.59 Å². The minimum Gasteiger partial charge on any atom is -0.352 e. The monoisotopic (exact) mass is 365 g/mol. The predicted octanol–water partition coefficient (Wildman–Crippen LogP) is 2.80. The van der Waals surface area contributed by atoms with Gasteiger partial charge >= 0.3 is 0 Å². The van der Waals surface area contributed by atoms with Crippen molar-refractivity contribution < 1.29 is 9.59 Å². The molecular weight excluding hydrogens is 334 g/mol. The summed E-state index contributed by atoms with van der Waals surface area (Å²) in [4.78, 5) is 27.7. The van der Waals surface area contributed by atoms with Crippen LogP contribution in [0, 0.1) is 11.8 Å². The van der Waals surface area contributed by atoms with Crippen molar-refractivity contribution in [1.82, 2.24) is 15.5 Å². The van der Waals surface area contributed by atoms with Crippen molar-refractivity contribution in [2.24, 2.45) is 11.8 Å². The van der Waals surface area contributed by atoms with Gasteiger partial charge in [-0.2, -0.15) is 0 Å². The maximum absolute atomic E-state index is 12.6. The van der Waals surface area contributed by atoms with Gasteiger partial charge in [0.1, 0.15) is 6.04 Å². The summed E-state index contributed by atoms with van der Waals surface area (Å²) >= 11 is 1.74. The number of carbonyl (C=O) groups excluding carboxylic acids is 2. The van der Waals surface area contributed by atoms with Gasteiger partial charge in [0.2, 0.25) is 11.8 Å². The van der Waals surface area contributed by atoms with Crippen LogP contribution in [0.1, 0.15) is 51.5 Å². The maximum Gasteiger partial charge on any atom is 0.242 e. The minimum absolute atomic E-state index is 0.0555. The van der Waals surface area contributed by atoms with E-state index in [1.54, 1.807) is 11.3 Å². The van der Waals surface area contributed by atoms with Crippen LogP contribution in [0.5, 0.6) is 0 Å². The molecule has 2 unspecified atom stereocenters. The summed E-state index contributed by atoms with van der Waals surface area (Å²) < 4.78 is 0. The lowest BCUT2D eigenvalue weighted by molar-refractivity contribution is -0.129. The molecule has 1 aromatic rings. The molecule has 1 aromatic heterocycles. The number of likely N-dealkylation sites (tertiary alicyclic amines) is 1. The molecular formula is C19H31N3O2S. The molecule has 2 heterocycles. The summed E-state index contributed by atoms with van der Waals surface area (Å²) in [6.07, 6.45) is 2.41. The van der Waals surface area contributed by atoms with Crippen LogP contribution in [0.15, 0.2) is 17.5 Å². The van der Waals surface area contributed by atoms with Gasteiger partial charge in [-0.25, -0.2) is 0 Å². The second-order valence-corrected chi connectivity index (χ2v) is 8.40. The molecule has 140 valence electrons. The first-order chi connectivity index (χ1) is 11.9. The van der Waals surface area contributed by atoms with Crippen molar-refractivity contribution in [2.75, 3.05) is 19.6 Å². The van der Waals surface area contributed by atoms with Gasteiger partial charge in [0, 0.05) is 18.3 Å². The number of hydrogen-bond acceptors (Lipinski definition) is 4. The number of amides is 2. The number of rotatable bonds is 7. The van der Waals surface area contributed by atoms with Crippen molar-refractivity contribution in [3.8, 4) is 0 Å².